The molecule has 0 aromatic heterocycles. The number of rotatable bonds is 0. The molecule has 1 aliphatic rings. The van der Waals surface area contributed by atoms with Crippen molar-refractivity contribution in [1.29, 1.82) is 0 Å². The van der Waals surface area contributed by atoms with Gasteiger partial charge in [-0.25, -0.2) is 8.37 Å². The molecule has 1 rings (SSSR count). The molecule has 1 heterocycles. The van der Waals surface area contributed by atoms with Crippen molar-refractivity contribution in [3.05, 3.63) is 0 Å². The van der Waals surface area contributed by atoms with Crippen LogP contribution < -0.4 is 0 Å². The fourth-order valence-electron chi connectivity index (χ4n) is 0.279. The zero-order valence-electron chi connectivity index (χ0n) is 4.38. The molecule has 0 spiro atoms. The van der Waals surface area contributed by atoms with E-state index in [1.54, 1.807) is 0 Å². The van der Waals surface area contributed by atoms with Crippen LogP contribution in [0.1, 0.15) is 0 Å². The first-order valence-corrected chi connectivity index (χ1v) is 4.58. The van der Waals surface area contributed by atoms with Gasteiger partial charge in [0, 0.05) is 0 Å². The summed E-state index contributed by atoms with van der Waals surface area (Å²) in [5.74, 6) is 0. The van der Waals surface area contributed by atoms with Crippen LogP contribution >= 0.6 is 0 Å². The Morgan fingerprint density at radius 2 is 1.30 bits per heavy atom. The van der Waals surface area contributed by atoms with Crippen molar-refractivity contribution in [3.63, 3.8) is 0 Å². The lowest BCUT2D eigenvalue weighted by atomic mass is 11.6. The van der Waals surface area contributed by atoms with E-state index in [-0.39, 0.29) is 0 Å². The molecule has 0 aromatic carbocycles. The van der Waals surface area contributed by atoms with Crippen LogP contribution in [0.15, 0.2) is 0 Å². The molecule has 0 unspecified atom stereocenters. The van der Waals surface area contributed by atoms with Crippen molar-refractivity contribution in [2.24, 2.45) is 0 Å². The second kappa shape index (κ2) is 2.13. The van der Waals surface area contributed by atoms with E-state index in [9.17, 15) is 16.8 Å². The summed E-state index contributed by atoms with van der Waals surface area (Å²) in [6.45, 7) is -0.870. The molecule has 0 aromatic rings. The molecule has 0 atom stereocenters. The normalized spacial score (nSPS) is 29.6. The van der Waals surface area contributed by atoms with Crippen LogP contribution in [-0.4, -0.2) is 23.6 Å². The average Bonchev–Trinajstić information content (AvgIpc) is 1.56. The molecule has 1 aliphatic heterocycles. The highest BCUT2D eigenvalue weighted by atomic mass is 32.3. The van der Waals surface area contributed by atoms with E-state index in [0.717, 1.165) is 0 Å². The third kappa shape index (κ3) is 1.88. The van der Waals surface area contributed by atoms with Crippen LogP contribution in [0.4, 0.5) is 0 Å². The van der Waals surface area contributed by atoms with Gasteiger partial charge in [0.2, 0.25) is 0 Å². The molecule has 1 saturated heterocycles. The molecule has 0 N–H and O–H groups in total. The van der Waals surface area contributed by atoms with Gasteiger partial charge in [0.15, 0.2) is 6.79 Å². The van der Waals surface area contributed by atoms with E-state index >= 15 is 0 Å². The molecule has 10 heavy (non-hydrogen) atoms. The van der Waals surface area contributed by atoms with Gasteiger partial charge in [-0.3, -0.25) is 0 Å². The molecule has 1 fully saturated rings. The van der Waals surface area contributed by atoms with E-state index < -0.39 is 27.6 Å². The molecule has 0 saturated carbocycles. The van der Waals surface area contributed by atoms with Crippen LogP contribution in [0, 0.1) is 0 Å². The topological polar surface area (TPSA) is 96.0 Å². The van der Waals surface area contributed by atoms with Gasteiger partial charge in [-0.2, -0.15) is 16.8 Å². The second-order valence-corrected chi connectivity index (χ2v) is 3.89. The quantitative estimate of drug-likeness (QED) is 0.458. The van der Waals surface area contributed by atoms with E-state index in [0.29, 0.717) is 0 Å². The molecular weight excluding hydrogens is 188 g/mol. The van der Waals surface area contributed by atoms with Gasteiger partial charge < -0.3 is 0 Å². The SMILES string of the molecule is O=S1(=O)OCOS(=O)(=O)O1. The molecule has 60 valence electrons. The summed E-state index contributed by atoms with van der Waals surface area (Å²) in [7, 11) is -8.81. The predicted octanol–water partition coefficient (Wildman–Crippen LogP) is -1.50. The molecule has 7 nitrogen and oxygen atoms in total. The molecule has 0 radical (unpaired) electrons. The van der Waals surface area contributed by atoms with Gasteiger partial charge in [-0.1, -0.05) is 0 Å². The van der Waals surface area contributed by atoms with Gasteiger partial charge in [0.25, 0.3) is 0 Å². The zero-order valence-corrected chi connectivity index (χ0v) is 6.01. The minimum absolute atomic E-state index is 0.870. The highest BCUT2D eigenvalue weighted by Gasteiger charge is 2.30. The van der Waals surface area contributed by atoms with Gasteiger partial charge in [-0.05, 0) is 0 Å². The summed E-state index contributed by atoms with van der Waals surface area (Å²) in [6, 6.07) is 0. The van der Waals surface area contributed by atoms with Crippen molar-refractivity contribution in [3.8, 4) is 0 Å². The van der Waals surface area contributed by atoms with Crippen LogP contribution in [0.25, 0.3) is 0 Å². The first kappa shape index (κ1) is 7.88. The molecule has 0 bridgehead atoms. The van der Waals surface area contributed by atoms with Gasteiger partial charge in [-0.15, -0.1) is 3.63 Å². The van der Waals surface area contributed by atoms with Crippen LogP contribution in [0.2, 0.25) is 0 Å². The monoisotopic (exact) mass is 190 g/mol. The maximum atomic E-state index is 10.2. The standard InChI is InChI=1S/CH2O7S2/c2-9(3)6-1-7-10(4,5)8-9/h1H2. The van der Waals surface area contributed by atoms with E-state index in [1.807, 2.05) is 0 Å². The van der Waals surface area contributed by atoms with Gasteiger partial charge >= 0.3 is 20.8 Å². The number of hydrogen-bond donors (Lipinski definition) is 0. The highest BCUT2D eigenvalue weighted by molar-refractivity contribution is 7.95. The summed E-state index contributed by atoms with van der Waals surface area (Å²) in [5.41, 5.74) is 0. The maximum absolute atomic E-state index is 10.2. The highest BCUT2D eigenvalue weighted by Crippen LogP contribution is 2.10. The van der Waals surface area contributed by atoms with Crippen molar-refractivity contribution < 1.29 is 28.8 Å². The third-order valence-electron chi connectivity index (χ3n) is 0.552. The Bertz CT molecular complexity index is 274. The minimum atomic E-state index is -4.40. The molecule has 0 aliphatic carbocycles. The fraction of sp³-hybridized carbons (Fsp3) is 1.00. The van der Waals surface area contributed by atoms with Crippen LogP contribution in [0.3, 0.4) is 0 Å². The fourth-order valence-corrected chi connectivity index (χ4v) is 1.80. The van der Waals surface area contributed by atoms with Crippen LogP contribution in [0.5, 0.6) is 0 Å². The van der Waals surface area contributed by atoms with Crippen molar-refractivity contribution >= 4 is 20.8 Å². The van der Waals surface area contributed by atoms with Crippen molar-refractivity contribution in [2.45, 2.75) is 0 Å². The summed E-state index contributed by atoms with van der Waals surface area (Å²) in [5, 5.41) is 0. The van der Waals surface area contributed by atoms with Crippen LogP contribution in [-0.2, 0) is 32.8 Å². The van der Waals surface area contributed by atoms with E-state index in [4.69, 9.17) is 0 Å². The Balaban J connectivity index is 2.97. The predicted molar refractivity (Wildman–Crippen MR) is 26.0 cm³/mol. The maximum Gasteiger partial charge on any atom is 0.418 e. The van der Waals surface area contributed by atoms with Crippen molar-refractivity contribution in [1.82, 2.24) is 0 Å². The summed E-state index contributed by atoms with van der Waals surface area (Å²) >= 11 is 0. The summed E-state index contributed by atoms with van der Waals surface area (Å²) < 4.78 is 51.5. The van der Waals surface area contributed by atoms with E-state index in [1.165, 1.54) is 0 Å². The smallest absolute Gasteiger partial charge is 0.217 e. The largest absolute Gasteiger partial charge is 0.418 e. The molecule has 0 amide bonds. The van der Waals surface area contributed by atoms with Gasteiger partial charge in [0.1, 0.15) is 0 Å². The first-order chi connectivity index (χ1) is 4.41. The molecular formula is CH2O7S2. The Morgan fingerprint density at radius 3 is 1.50 bits per heavy atom. The summed E-state index contributed by atoms with van der Waals surface area (Å²) in [4.78, 5) is 0. The third-order valence-corrected chi connectivity index (χ3v) is 2.65. The van der Waals surface area contributed by atoms with E-state index in [2.05, 4.69) is 12.0 Å². The Morgan fingerprint density at radius 1 is 0.900 bits per heavy atom. The Hall–Kier alpha value is -0.220. The lowest BCUT2D eigenvalue weighted by molar-refractivity contribution is 0.0808. The lowest BCUT2D eigenvalue weighted by Crippen LogP contribution is -2.26. The minimum Gasteiger partial charge on any atom is -0.217 e. The Labute approximate surface area is 57.2 Å². The van der Waals surface area contributed by atoms with Crippen molar-refractivity contribution in [2.75, 3.05) is 6.79 Å². The first-order valence-electron chi connectivity index (χ1n) is 1.91. The zero-order chi connectivity index (χ0) is 7.83. The lowest BCUT2D eigenvalue weighted by Gasteiger charge is -2.10. The number of hydrogen-bond acceptors (Lipinski definition) is 7. The van der Waals surface area contributed by atoms with Gasteiger partial charge in [0.05, 0.1) is 0 Å². The molecule has 9 heteroatoms. The average molecular weight is 190 g/mol. The Kier molecular flexibility index (Phi) is 1.68. The second-order valence-electron chi connectivity index (χ2n) is 1.24. The summed E-state index contributed by atoms with van der Waals surface area (Å²) in [6.07, 6.45) is 0.